The molecule has 0 aliphatic heterocycles. The number of carbonyl (C=O) groups excluding carboxylic acids is 2. The second kappa shape index (κ2) is 6.49. The maximum Gasteiger partial charge on any atom is 0.261 e. The molecule has 0 bridgehead atoms. The number of amides is 2. The van der Waals surface area contributed by atoms with Crippen LogP contribution in [0.4, 0.5) is 11.4 Å². The minimum absolute atomic E-state index is 0.0468. The topological polar surface area (TPSA) is 118 Å². The van der Waals surface area contributed by atoms with Crippen LogP contribution < -0.4 is 15.8 Å². The van der Waals surface area contributed by atoms with Crippen molar-refractivity contribution in [3.63, 3.8) is 0 Å². The van der Waals surface area contributed by atoms with Gasteiger partial charge in [0.15, 0.2) is 0 Å². The van der Waals surface area contributed by atoms with Crippen LogP contribution in [0.25, 0.3) is 0 Å². The fourth-order valence-corrected chi connectivity index (χ4v) is 2.90. The van der Waals surface area contributed by atoms with Gasteiger partial charge in [0.25, 0.3) is 10.0 Å². The highest BCUT2D eigenvalue weighted by atomic mass is 32.2. The van der Waals surface area contributed by atoms with E-state index in [0.29, 0.717) is 11.4 Å². The fraction of sp³-hybridized carbons (Fsp3) is 0.0667. The van der Waals surface area contributed by atoms with Crippen molar-refractivity contribution in [1.29, 1.82) is 0 Å². The van der Waals surface area contributed by atoms with Crippen molar-refractivity contribution in [2.45, 2.75) is 11.8 Å². The molecule has 8 heteroatoms. The Bertz CT molecular complexity index is 828. The van der Waals surface area contributed by atoms with Crippen LogP contribution in [-0.2, 0) is 14.8 Å². The van der Waals surface area contributed by atoms with E-state index in [1.54, 1.807) is 0 Å². The third-order valence-electron chi connectivity index (χ3n) is 2.91. The quantitative estimate of drug-likeness (QED) is 0.769. The summed E-state index contributed by atoms with van der Waals surface area (Å²) in [6, 6.07) is 11.5. The van der Waals surface area contributed by atoms with Crippen LogP contribution in [0.15, 0.2) is 53.4 Å². The van der Waals surface area contributed by atoms with Gasteiger partial charge in [-0.1, -0.05) is 0 Å². The summed E-state index contributed by atoms with van der Waals surface area (Å²) in [4.78, 5) is 22.0. The molecule has 0 aliphatic rings. The molecule has 23 heavy (non-hydrogen) atoms. The Morgan fingerprint density at radius 2 is 1.43 bits per heavy atom. The van der Waals surface area contributed by atoms with Crippen molar-refractivity contribution in [2.75, 3.05) is 10.0 Å². The predicted molar refractivity (Wildman–Crippen MR) is 86.5 cm³/mol. The summed E-state index contributed by atoms with van der Waals surface area (Å²) in [6.45, 7) is 1.36. The number of anilines is 2. The van der Waals surface area contributed by atoms with E-state index in [9.17, 15) is 18.0 Å². The van der Waals surface area contributed by atoms with Crippen LogP contribution in [0.2, 0.25) is 0 Å². The molecule has 2 amide bonds. The van der Waals surface area contributed by atoms with Crippen molar-refractivity contribution in [3.8, 4) is 0 Å². The van der Waals surface area contributed by atoms with E-state index in [1.165, 1.54) is 55.5 Å². The molecule has 7 nitrogen and oxygen atoms in total. The molecule has 2 aromatic carbocycles. The summed E-state index contributed by atoms with van der Waals surface area (Å²) in [6.07, 6.45) is 0. The Kier molecular flexibility index (Phi) is 4.65. The summed E-state index contributed by atoms with van der Waals surface area (Å²) in [5.74, 6) is -0.832. The number of hydrogen-bond donors (Lipinski definition) is 3. The number of hydrogen-bond acceptors (Lipinski definition) is 4. The second-order valence-electron chi connectivity index (χ2n) is 4.75. The number of carbonyl (C=O) groups is 2. The zero-order valence-electron chi connectivity index (χ0n) is 12.2. The van der Waals surface area contributed by atoms with E-state index in [2.05, 4.69) is 10.0 Å². The predicted octanol–water partition coefficient (Wildman–Crippen LogP) is 1.54. The number of rotatable bonds is 5. The van der Waals surface area contributed by atoms with Crippen LogP contribution in [0.3, 0.4) is 0 Å². The summed E-state index contributed by atoms with van der Waals surface area (Å²) < 4.78 is 26.9. The van der Waals surface area contributed by atoms with Crippen LogP contribution in [0.1, 0.15) is 17.3 Å². The minimum atomic E-state index is -3.77. The largest absolute Gasteiger partial charge is 0.366 e. The van der Waals surface area contributed by atoms with Crippen molar-refractivity contribution < 1.29 is 18.0 Å². The highest BCUT2D eigenvalue weighted by Crippen LogP contribution is 2.18. The van der Waals surface area contributed by atoms with Gasteiger partial charge in [0, 0.05) is 23.9 Å². The molecular formula is C15H15N3O4S. The summed E-state index contributed by atoms with van der Waals surface area (Å²) >= 11 is 0. The maximum absolute atomic E-state index is 12.3. The minimum Gasteiger partial charge on any atom is -0.366 e. The lowest BCUT2D eigenvalue weighted by atomic mass is 10.2. The van der Waals surface area contributed by atoms with E-state index in [4.69, 9.17) is 5.73 Å². The molecular weight excluding hydrogens is 318 g/mol. The van der Waals surface area contributed by atoms with E-state index in [-0.39, 0.29) is 16.4 Å². The summed E-state index contributed by atoms with van der Waals surface area (Å²) in [5, 5.41) is 2.55. The Hall–Kier alpha value is -2.87. The van der Waals surface area contributed by atoms with Gasteiger partial charge in [-0.15, -0.1) is 0 Å². The summed E-state index contributed by atoms with van der Waals surface area (Å²) in [5.41, 5.74) is 6.22. The van der Waals surface area contributed by atoms with Gasteiger partial charge in [0.05, 0.1) is 4.90 Å². The van der Waals surface area contributed by atoms with Gasteiger partial charge in [-0.25, -0.2) is 8.42 Å². The normalized spacial score (nSPS) is 10.8. The molecule has 0 aromatic heterocycles. The molecule has 0 atom stereocenters. The molecule has 0 aliphatic carbocycles. The van der Waals surface area contributed by atoms with Gasteiger partial charge in [-0.2, -0.15) is 0 Å². The highest BCUT2D eigenvalue weighted by molar-refractivity contribution is 7.92. The van der Waals surface area contributed by atoms with Crippen LogP contribution in [0, 0.1) is 0 Å². The maximum atomic E-state index is 12.3. The van der Waals surface area contributed by atoms with Gasteiger partial charge >= 0.3 is 0 Å². The molecule has 4 N–H and O–H groups in total. The van der Waals surface area contributed by atoms with E-state index >= 15 is 0 Å². The first-order chi connectivity index (χ1) is 10.8. The van der Waals surface area contributed by atoms with Crippen LogP contribution in [-0.4, -0.2) is 20.2 Å². The molecule has 0 fully saturated rings. The molecule has 0 spiro atoms. The molecule has 2 rings (SSSR count). The average molecular weight is 333 g/mol. The molecule has 0 saturated carbocycles. The van der Waals surface area contributed by atoms with Gasteiger partial charge in [0.2, 0.25) is 11.8 Å². The van der Waals surface area contributed by atoms with E-state index in [0.717, 1.165) is 0 Å². The smallest absolute Gasteiger partial charge is 0.261 e. The molecule has 2 aromatic rings. The first-order valence-electron chi connectivity index (χ1n) is 6.58. The van der Waals surface area contributed by atoms with Crippen molar-refractivity contribution in [3.05, 3.63) is 54.1 Å². The monoisotopic (exact) mass is 333 g/mol. The lowest BCUT2D eigenvalue weighted by molar-refractivity contribution is -0.114. The van der Waals surface area contributed by atoms with Crippen molar-refractivity contribution in [2.24, 2.45) is 5.73 Å². The number of nitrogens with two attached hydrogens (primary N) is 1. The van der Waals surface area contributed by atoms with Gasteiger partial charge < -0.3 is 11.1 Å². The Labute approximate surface area is 133 Å². The van der Waals surface area contributed by atoms with Gasteiger partial charge in [-0.3, -0.25) is 14.3 Å². The zero-order chi connectivity index (χ0) is 17.0. The van der Waals surface area contributed by atoms with E-state index < -0.39 is 15.9 Å². The van der Waals surface area contributed by atoms with Crippen LogP contribution >= 0.6 is 0 Å². The average Bonchev–Trinajstić information content (AvgIpc) is 2.47. The Balaban J connectivity index is 2.17. The summed E-state index contributed by atoms with van der Waals surface area (Å²) in [7, 11) is -3.77. The van der Waals surface area contributed by atoms with Crippen LogP contribution in [0.5, 0.6) is 0 Å². The second-order valence-corrected chi connectivity index (χ2v) is 6.44. The van der Waals surface area contributed by atoms with Crippen molar-refractivity contribution >= 4 is 33.2 Å². The number of nitrogens with one attached hydrogen (secondary N) is 2. The Morgan fingerprint density at radius 1 is 0.913 bits per heavy atom. The molecule has 120 valence electrons. The third-order valence-corrected chi connectivity index (χ3v) is 4.30. The number of benzene rings is 2. The molecule has 0 saturated heterocycles. The standard InChI is InChI=1S/C15H15N3O4S/c1-10(19)17-12-6-8-14(9-7-12)23(21,22)18-13-4-2-11(3-5-13)15(16)20/h2-9,18H,1H3,(H2,16,20)(H,17,19). The lowest BCUT2D eigenvalue weighted by Gasteiger charge is -2.09. The molecule has 0 unspecified atom stereocenters. The first-order valence-corrected chi connectivity index (χ1v) is 8.06. The fourth-order valence-electron chi connectivity index (χ4n) is 1.84. The number of primary amides is 1. The van der Waals surface area contributed by atoms with Crippen molar-refractivity contribution in [1.82, 2.24) is 0 Å². The van der Waals surface area contributed by atoms with E-state index in [1.807, 2.05) is 0 Å². The highest BCUT2D eigenvalue weighted by Gasteiger charge is 2.14. The number of sulfonamides is 1. The van der Waals surface area contributed by atoms with Gasteiger partial charge in [0.1, 0.15) is 0 Å². The van der Waals surface area contributed by atoms with Gasteiger partial charge in [-0.05, 0) is 48.5 Å². The zero-order valence-corrected chi connectivity index (χ0v) is 13.1. The molecule has 0 heterocycles. The lowest BCUT2D eigenvalue weighted by Crippen LogP contribution is -2.14. The first kappa shape index (κ1) is 16.5. The third kappa shape index (κ3) is 4.30. The Morgan fingerprint density at radius 3 is 1.91 bits per heavy atom. The molecule has 0 radical (unpaired) electrons. The SMILES string of the molecule is CC(=O)Nc1ccc(S(=O)(=O)Nc2ccc(C(N)=O)cc2)cc1.